The Kier molecular flexibility index (Phi) is 7.43. The zero-order chi connectivity index (χ0) is 20.0. The number of ether oxygens (including phenoxy) is 1. The molecule has 10 heteroatoms. The summed E-state index contributed by atoms with van der Waals surface area (Å²) in [4.78, 5) is 19.4. The highest BCUT2D eigenvalue weighted by Crippen LogP contribution is 2.40. The molecule has 0 saturated heterocycles. The van der Waals surface area contributed by atoms with E-state index in [2.05, 4.69) is 20.5 Å². The monoisotopic (exact) mass is 413 g/mol. The number of aliphatic imine (C=N–C) groups is 1. The molecule has 8 nitrogen and oxygen atoms in total. The van der Waals surface area contributed by atoms with Crippen molar-refractivity contribution in [2.24, 2.45) is 10.9 Å². The molecule has 1 aliphatic carbocycles. The Bertz CT molecular complexity index is 824. The fourth-order valence-electron chi connectivity index (χ4n) is 3.57. The van der Waals surface area contributed by atoms with E-state index in [0.29, 0.717) is 12.1 Å². The average Bonchev–Trinajstić information content (AvgIpc) is 2.56. The van der Waals surface area contributed by atoms with Crippen molar-refractivity contribution in [3.8, 4) is 0 Å². The maximum absolute atomic E-state index is 11.3. The molecule has 1 aromatic heterocycles. The van der Waals surface area contributed by atoms with Gasteiger partial charge in [-0.15, -0.1) is 0 Å². The fraction of sp³-hybridized carbons (Fsp3) is 0.588. The van der Waals surface area contributed by atoms with Gasteiger partial charge in [0.15, 0.2) is 0 Å². The molecular formula is C17H23N3O5S2. The van der Waals surface area contributed by atoms with E-state index >= 15 is 0 Å². The van der Waals surface area contributed by atoms with Crippen LogP contribution in [0.3, 0.4) is 0 Å². The van der Waals surface area contributed by atoms with Crippen LogP contribution >= 0.6 is 12.2 Å². The minimum Gasteiger partial charge on any atom is -0.465 e. The Morgan fingerprint density at radius 2 is 2.26 bits per heavy atom. The molecule has 0 bridgehead atoms. The van der Waals surface area contributed by atoms with Crippen LogP contribution in [0.15, 0.2) is 23.5 Å². The van der Waals surface area contributed by atoms with Gasteiger partial charge in [0.1, 0.15) is 9.84 Å². The SMILES string of the molecule is C[C@H]1C[C@H](c2ccncc2N=C=S)C[C@@H](NC(=O)O)[C@@H]1OCCS(C)(=O)=O. The number of rotatable bonds is 7. The van der Waals surface area contributed by atoms with E-state index < -0.39 is 28.1 Å². The van der Waals surface area contributed by atoms with Gasteiger partial charge in [-0.25, -0.2) is 13.2 Å². The van der Waals surface area contributed by atoms with Crippen molar-refractivity contribution >= 4 is 39.0 Å². The van der Waals surface area contributed by atoms with E-state index in [-0.39, 0.29) is 24.2 Å². The van der Waals surface area contributed by atoms with E-state index in [0.717, 1.165) is 18.2 Å². The summed E-state index contributed by atoms with van der Waals surface area (Å²) in [6, 6.07) is 1.39. The van der Waals surface area contributed by atoms with Crippen LogP contribution in [0.5, 0.6) is 0 Å². The lowest BCUT2D eigenvalue weighted by atomic mass is 9.74. The highest BCUT2D eigenvalue weighted by molar-refractivity contribution is 7.90. The van der Waals surface area contributed by atoms with Gasteiger partial charge in [-0.1, -0.05) is 6.92 Å². The van der Waals surface area contributed by atoms with Gasteiger partial charge in [-0.3, -0.25) is 4.98 Å². The predicted molar refractivity (Wildman–Crippen MR) is 104 cm³/mol. The number of nitrogens with zero attached hydrogens (tertiary/aromatic N) is 2. The smallest absolute Gasteiger partial charge is 0.404 e. The molecule has 1 heterocycles. The summed E-state index contributed by atoms with van der Waals surface area (Å²) in [5.41, 5.74) is 1.55. The molecule has 27 heavy (non-hydrogen) atoms. The van der Waals surface area contributed by atoms with Crippen molar-refractivity contribution in [2.45, 2.75) is 37.8 Å². The van der Waals surface area contributed by atoms with E-state index in [1.54, 1.807) is 12.4 Å². The van der Waals surface area contributed by atoms with Crippen molar-refractivity contribution in [1.29, 1.82) is 0 Å². The standard InChI is InChI=1S/C17H23N3O5S2/c1-11-7-12(13-3-4-18-9-15(13)19-10-26)8-14(20-17(21)22)16(11)25-5-6-27(2,23)24/h3-4,9,11-12,14,16,20H,5-8H2,1-2H3,(H,21,22)/t11-,12-,14+,16+/m0/s1. The molecule has 1 aromatic rings. The third-order valence-electron chi connectivity index (χ3n) is 4.66. The minimum atomic E-state index is -3.15. The molecule has 1 saturated carbocycles. The maximum Gasteiger partial charge on any atom is 0.404 e. The van der Waals surface area contributed by atoms with E-state index in [4.69, 9.17) is 17.0 Å². The first-order valence-electron chi connectivity index (χ1n) is 8.52. The van der Waals surface area contributed by atoms with Crippen LogP contribution in [0.1, 0.15) is 31.2 Å². The van der Waals surface area contributed by atoms with Crippen molar-refractivity contribution < 1.29 is 23.1 Å². The molecule has 1 fully saturated rings. The first kappa shape index (κ1) is 21.4. The van der Waals surface area contributed by atoms with Crippen LogP contribution in [-0.2, 0) is 14.6 Å². The number of pyridine rings is 1. The fourth-order valence-corrected chi connectivity index (χ4v) is 4.07. The molecule has 4 atom stereocenters. The summed E-state index contributed by atoms with van der Waals surface area (Å²) in [6.07, 6.45) is 4.11. The van der Waals surface area contributed by atoms with Crippen LogP contribution in [-0.4, -0.2) is 60.5 Å². The highest BCUT2D eigenvalue weighted by atomic mass is 32.2. The molecule has 148 valence electrons. The number of carboxylic acid groups (broad SMARTS) is 1. The molecule has 1 aliphatic rings. The Morgan fingerprint density at radius 3 is 2.89 bits per heavy atom. The minimum absolute atomic E-state index is 0.0117. The van der Waals surface area contributed by atoms with Gasteiger partial charge in [0.25, 0.3) is 0 Å². The van der Waals surface area contributed by atoms with E-state index in [1.165, 1.54) is 0 Å². The molecule has 0 aromatic carbocycles. The molecule has 1 amide bonds. The number of hydrogen-bond donors (Lipinski definition) is 2. The number of aromatic nitrogens is 1. The summed E-state index contributed by atoms with van der Waals surface area (Å²) in [7, 11) is -3.15. The van der Waals surface area contributed by atoms with Gasteiger partial charge in [0, 0.05) is 12.5 Å². The lowest BCUT2D eigenvalue weighted by Crippen LogP contribution is -2.51. The molecule has 0 unspecified atom stereocenters. The third-order valence-corrected chi connectivity index (χ3v) is 5.66. The zero-order valence-electron chi connectivity index (χ0n) is 15.2. The first-order valence-corrected chi connectivity index (χ1v) is 11.0. The van der Waals surface area contributed by atoms with Crippen LogP contribution in [0.25, 0.3) is 0 Å². The van der Waals surface area contributed by atoms with E-state index in [9.17, 15) is 18.3 Å². The Hall–Kier alpha value is -1.87. The summed E-state index contributed by atoms with van der Waals surface area (Å²) >= 11 is 4.69. The summed E-state index contributed by atoms with van der Waals surface area (Å²) < 4.78 is 28.4. The molecular weight excluding hydrogens is 390 g/mol. The van der Waals surface area contributed by atoms with Gasteiger partial charge in [-0.2, -0.15) is 4.99 Å². The molecule has 0 radical (unpaired) electrons. The second kappa shape index (κ2) is 9.36. The second-order valence-corrected chi connectivity index (χ2v) is 9.25. The van der Waals surface area contributed by atoms with Crippen molar-refractivity contribution in [2.75, 3.05) is 18.6 Å². The van der Waals surface area contributed by atoms with Crippen LogP contribution in [0, 0.1) is 5.92 Å². The number of isothiocyanates is 1. The highest BCUT2D eigenvalue weighted by Gasteiger charge is 2.38. The number of nitrogens with one attached hydrogen (secondary N) is 1. The third kappa shape index (κ3) is 6.35. The van der Waals surface area contributed by atoms with Gasteiger partial charge in [0.2, 0.25) is 0 Å². The van der Waals surface area contributed by atoms with Crippen molar-refractivity contribution in [3.05, 3.63) is 24.0 Å². The van der Waals surface area contributed by atoms with Crippen molar-refractivity contribution in [3.63, 3.8) is 0 Å². The summed E-state index contributed by atoms with van der Waals surface area (Å²) in [6.45, 7) is 2.00. The Morgan fingerprint density at radius 1 is 1.52 bits per heavy atom. The van der Waals surface area contributed by atoms with Gasteiger partial charge >= 0.3 is 6.09 Å². The Labute approximate surface area is 164 Å². The molecule has 2 rings (SSSR count). The second-order valence-electron chi connectivity index (χ2n) is 6.80. The zero-order valence-corrected chi connectivity index (χ0v) is 16.8. The van der Waals surface area contributed by atoms with E-state index in [1.807, 2.05) is 13.0 Å². The lowest BCUT2D eigenvalue weighted by molar-refractivity contribution is -0.0237. The normalized spacial score (nSPS) is 25.4. The van der Waals surface area contributed by atoms with Gasteiger partial charge in [0.05, 0.1) is 41.6 Å². The van der Waals surface area contributed by atoms with Gasteiger partial charge in [-0.05, 0) is 48.5 Å². The number of amides is 1. The lowest BCUT2D eigenvalue weighted by Gasteiger charge is -2.40. The number of carbonyl (C=O) groups is 1. The van der Waals surface area contributed by atoms with Gasteiger partial charge < -0.3 is 15.2 Å². The predicted octanol–water partition coefficient (Wildman–Crippen LogP) is 2.40. The number of thiocarbonyl (C=S) groups is 1. The molecule has 0 aliphatic heterocycles. The molecule has 0 spiro atoms. The summed E-state index contributed by atoms with van der Waals surface area (Å²) in [5.74, 6) is -0.0496. The number of sulfone groups is 1. The van der Waals surface area contributed by atoms with Crippen molar-refractivity contribution in [1.82, 2.24) is 10.3 Å². The quantitative estimate of drug-likeness (QED) is 0.520. The summed E-state index contributed by atoms with van der Waals surface area (Å²) in [5, 5.41) is 14.1. The molecule has 2 N–H and O–H groups in total. The largest absolute Gasteiger partial charge is 0.465 e. The van der Waals surface area contributed by atoms with Crippen LogP contribution < -0.4 is 5.32 Å². The van der Waals surface area contributed by atoms with Crippen LogP contribution in [0.2, 0.25) is 0 Å². The van der Waals surface area contributed by atoms with Crippen LogP contribution in [0.4, 0.5) is 10.5 Å². The average molecular weight is 414 g/mol. The maximum atomic E-state index is 11.3. The Balaban J connectivity index is 2.20. The number of hydrogen-bond acceptors (Lipinski definition) is 7. The first-order chi connectivity index (χ1) is 12.7. The topological polar surface area (TPSA) is 118 Å².